The average Bonchev–Trinajstić information content (AvgIpc) is 3.38. The molecule has 0 amide bonds. The first-order valence-corrected chi connectivity index (χ1v) is 11.7. The van der Waals surface area contributed by atoms with Gasteiger partial charge in [-0.1, -0.05) is 104 Å². The SMILES string of the molecule is C=CC1=C(C=C)C2(c3ccccc31)c1ccccc1-c1ccc(C(=O)c3ccccc3C(=O)O)cc12. The molecule has 172 valence electrons. The van der Waals surface area contributed by atoms with Crippen LogP contribution in [0.3, 0.4) is 0 Å². The lowest BCUT2D eigenvalue weighted by molar-refractivity contribution is 0.0693. The standard InChI is InChI=1S/C33H22O3/c1-3-21-22-11-7-9-15-28(22)33(27(21)4-2)29-16-10-8-12-23(29)24-18-17-20(19-30(24)33)31(34)25-13-5-6-14-26(25)32(35)36/h3-19H,1-2H2,(H,35,36). The molecule has 1 spiro atoms. The van der Waals surface area contributed by atoms with Gasteiger partial charge in [-0.15, -0.1) is 0 Å². The molecule has 1 unspecified atom stereocenters. The van der Waals surface area contributed by atoms with E-state index in [1.807, 2.05) is 48.6 Å². The molecule has 4 aromatic rings. The maximum atomic E-state index is 13.7. The zero-order valence-electron chi connectivity index (χ0n) is 19.5. The number of benzene rings is 4. The van der Waals surface area contributed by atoms with Crippen LogP contribution in [0.5, 0.6) is 0 Å². The van der Waals surface area contributed by atoms with E-state index in [2.05, 4.69) is 37.4 Å². The Morgan fingerprint density at radius 1 is 0.667 bits per heavy atom. The monoisotopic (exact) mass is 466 g/mol. The van der Waals surface area contributed by atoms with Gasteiger partial charge in [0.05, 0.1) is 11.0 Å². The Hall–Kier alpha value is -4.76. The Morgan fingerprint density at radius 2 is 1.25 bits per heavy atom. The number of allylic oxidation sites excluding steroid dienone is 4. The van der Waals surface area contributed by atoms with Crippen molar-refractivity contribution in [2.45, 2.75) is 5.41 Å². The molecule has 2 aliphatic carbocycles. The number of carbonyl (C=O) groups is 2. The molecule has 1 atom stereocenters. The lowest BCUT2D eigenvalue weighted by atomic mass is 9.69. The minimum Gasteiger partial charge on any atom is -0.478 e. The van der Waals surface area contributed by atoms with Crippen LogP contribution in [0.1, 0.15) is 48.5 Å². The lowest BCUT2D eigenvalue weighted by Gasteiger charge is -2.31. The Labute approximate surface area is 209 Å². The highest BCUT2D eigenvalue weighted by molar-refractivity contribution is 6.15. The van der Waals surface area contributed by atoms with Gasteiger partial charge in [-0.25, -0.2) is 4.79 Å². The van der Waals surface area contributed by atoms with Gasteiger partial charge in [0.1, 0.15) is 0 Å². The van der Waals surface area contributed by atoms with Crippen molar-refractivity contribution in [1.29, 1.82) is 0 Å². The van der Waals surface area contributed by atoms with Crippen LogP contribution in [0.4, 0.5) is 0 Å². The number of carbonyl (C=O) groups excluding carboxylic acids is 1. The second-order valence-electron chi connectivity index (χ2n) is 9.02. The summed E-state index contributed by atoms with van der Waals surface area (Å²) in [6.45, 7) is 8.29. The average molecular weight is 467 g/mol. The maximum absolute atomic E-state index is 13.7. The van der Waals surface area contributed by atoms with E-state index in [0.29, 0.717) is 5.56 Å². The highest BCUT2D eigenvalue weighted by atomic mass is 16.4. The second kappa shape index (κ2) is 7.89. The van der Waals surface area contributed by atoms with Crippen molar-refractivity contribution < 1.29 is 14.7 Å². The number of rotatable bonds is 5. The Balaban J connectivity index is 1.67. The predicted octanol–water partition coefficient (Wildman–Crippen LogP) is 7.07. The molecule has 0 radical (unpaired) electrons. The summed E-state index contributed by atoms with van der Waals surface area (Å²) in [5.74, 6) is -1.44. The third kappa shape index (κ3) is 2.68. The molecule has 3 nitrogen and oxygen atoms in total. The van der Waals surface area contributed by atoms with Gasteiger partial charge in [0.25, 0.3) is 0 Å². The van der Waals surface area contributed by atoms with Crippen molar-refractivity contribution in [2.75, 3.05) is 0 Å². The number of carboxylic acid groups (broad SMARTS) is 1. The molecular weight excluding hydrogens is 444 g/mol. The van der Waals surface area contributed by atoms with E-state index < -0.39 is 11.4 Å². The van der Waals surface area contributed by atoms with Gasteiger partial charge in [0, 0.05) is 11.1 Å². The smallest absolute Gasteiger partial charge is 0.336 e. The fourth-order valence-electron chi connectivity index (χ4n) is 6.04. The van der Waals surface area contributed by atoms with E-state index in [1.54, 1.807) is 24.3 Å². The van der Waals surface area contributed by atoms with E-state index in [1.165, 1.54) is 6.07 Å². The Kier molecular flexibility index (Phi) is 4.77. The molecule has 0 aliphatic heterocycles. The third-order valence-corrected chi connectivity index (χ3v) is 7.43. The fourth-order valence-corrected chi connectivity index (χ4v) is 6.04. The summed E-state index contributed by atoms with van der Waals surface area (Å²) in [6, 6.07) is 28.7. The molecular formula is C33H22O3. The summed E-state index contributed by atoms with van der Waals surface area (Å²) in [5, 5.41) is 9.66. The number of hydrogen-bond donors (Lipinski definition) is 1. The molecule has 0 bridgehead atoms. The number of ketones is 1. The number of hydrogen-bond acceptors (Lipinski definition) is 2. The molecule has 0 saturated carbocycles. The van der Waals surface area contributed by atoms with Crippen molar-refractivity contribution in [3.63, 3.8) is 0 Å². The Bertz CT molecular complexity index is 1670. The molecule has 6 rings (SSSR count). The molecule has 1 N–H and O–H groups in total. The summed E-state index contributed by atoms with van der Waals surface area (Å²) >= 11 is 0. The number of aromatic carboxylic acids is 1. The number of carboxylic acids is 1. The normalized spacial score (nSPS) is 16.9. The van der Waals surface area contributed by atoms with Gasteiger partial charge in [0.15, 0.2) is 5.78 Å². The van der Waals surface area contributed by atoms with E-state index in [9.17, 15) is 14.7 Å². The minimum absolute atomic E-state index is 0.00664. The molecule has 3 heteroatoms. The van der Waals surface area contributed by atoms with Crippen molar-refractivity contribution in [1.82, 2.24) is 0 Å². The summed E-state index contributed by atoms with van der Waals surface area (Å²) < 4.78 is 0. The van der Waals surface area contributed by atoms with Gasteiger partial charge in [0.2, 0.25) is 0 Å². The van der Waals surface area contributed by atoms with Gasteiger partial charge >= 0.3 is 5.97 Å². The van der Waals surface area contributed by atoms with Crippen molar-refractivity contribution in [3.8, 4) is 11.1 Å². The van der Waals surface area contributed by atoms with E-state index in [-0.39, 0.29) is 16.9 Å². The van der Waals surface area contributed by atoms with Crippen molar-refractivity contribution in [3.05, 3.63) is 161 Å². The summed E-state index contributed by atoms with van der Waals surface area (Å²) in [7, 11) is 0. The highest BCUT2D eigenvalue weighted by Gasteiger charge is 2.51. The van der Waals surface area contributed by atoms with Crippen LogP contribution in [0, 0.1) is 0 Å². The van der Waals surface area contributed by atoms with Crippen LogP contribution in [-0.2, 0) is 5.41 Å². The first-order chi connectivity index (χ1) is 17.5. The van der Waals surface area contributed by atoms with Crippen LogP contribution in [0.15, 0.2) is 122 Å². The molecule has 0 aromatic heterocycles. The van der Waals surface area contributed by atoms with E-state index in [0.717, 1.165) is 44.5 Å². The lowest BCUT2D eigenvalue weighted by Crippen LogP contribution is -2.27. The van der Waals surface area contributed by atoms with Crippen molar-refractivity contribution in [2.24, 2.45) is 0 Å². The molecule has 0 saturated heterocycles. The third-order valence-electron chi connectivity index (χ3n) is 7.43. The van der Waals surface area contributed by atoms with Gasteiger partial charge in [-0.2, -0.15) is 0 Å². The van der Waals surface area contributed by atoms with Gasteiger partial charge in [-0.05, 0) is 56.7 Å². The first-order valence-electron chi connectivity index (χ1n) is 11.7. The van der Waals surface area contributed by atoms with Gasteiger partial charge < -0.3 is 5.11 Å². The topological polar surface area (TPSA) is 54.4 Å². The predicted molar refractivity (Wildman–Crippen MR) is 142 cm³/mol. The summed E-state index contributed by atoms with van der Waals surface area (Å²) in [6.07, 6.45) is 3.78. The van der Waals surface area contributed by atoms with Gasteiger partial charge in [-0.3, -0.25) is 4.79 Å². The van der Waals surface area contributed by atoms with E-state index >= 15 is 0 Å². The largest absolute Gasteiger partial charge is 0.478 e. The zero-order valence-corrected chi connectivity index (χ0v) is 19.5. The van der Waals surface area contributed by atoms with Crippen LogP contribution in [0.25, 0.3) is 16.7 Å². The summed E-state index contributed by atoms with van der Waals surface area (Å²) in [5.41, 5.74) is 8.52. The summed E-state index contributed by atoms with van der Waals surface area (Å²) in [4.78, 5) is 25.5. The van der Waals surface area contributed by atoms with E-state index in [4.69, 9.17) is 0 Å². The van der Waals surface area contributed by atoms with Crippen molar-refractivity contribution >= 4 is 17.3 Å². The van der Waals surface area contributed by atoms with Crippen LogP contribution in [0.2, 0.25) is 0 Å². The molecule has 2 aliphatic rings. The second-order valence-corrected chi connectivity index (χ2v) is 9.02. The zero-order chi connectivity index (χ0) is 25.0. The fraction of sp³-hybridized carbons (Fsp3) is 0.0303. The molecule has 0 heterocycles. The minimum atomic E-state index is -1.12. The quantitative estimate of drug-likeness (QED) is 0.320. The highest BCUT2D eigenvalue weighted by Crippen LogP contribution is 2.62. The Morgan fingerprint density at radius 3 is 1.92 bits per heavy atom. The molecule has 0 fully saturated rings. The van der Waals surface area contributed by atoms with Crippen LogP contribution >= 0.6 is 0 Å². The molecule has 36 heavy (non-hydrogen) atoms. The molecule has 4 aromatic carbocycles. The van der Waals surface area contributed by atoms with Crippen LogP contribution < -0.4 is 0 Å². The van der Waals surface area contributed by atoms with Crippen LogP contribution in [-0.4, -0.2) is 16.9 Å². The maximum Gasteiger partial charge on any atom is 0.336 e. The first kappa shape index (κ1) is 21.8. The number of fused-ring (bicyclic) bond motifs is 7.